The van der Waals surface area contributed by atoms with E-state index >= 15 is 0 Å². The first-order chi connectivity index (χ1) is 9.60. The monoisotopic (exact) mass is 284 g/mol. The van der Waals surface area contributed by atoms with Gasteiger partial charge in [0.1, 0.15) is 5.69 Å². The first kappa shape index (κ1) is 13.1. The number of rotatable bonds is 3. The minimum absolute atomic E-state index is 0.626. The first-order valence-electron chi connectivity index (χ1n) is 6.57. The number of hydrogen-bond donors (Lipinski definition) is 0. The Morgan fingerprint density at radius 3 is 2.80 bits per heavy atom. The Morgan fingerprint density at radius 1 is 1.30 bits per heavy atom. The van der Waals surface area contributed by atoms with Gasteiger partial charge in [0.05, 0.1) is 6.20 Å². The number of aryl methyl sites for hydroxylation is 3. The predicted octanol–water partition coefficient (Wildman–Crippen LogP) is 3.72. The molecule has 3 rings (SSSR count). The summed E-state index contributed by atoms with van der Waals surface area (Å²) in [4.78, 5) is 17.5. The lowest BCUT2D eigenvalue weighted by atomic mass is 10.0. The highest BCUT2D eigenvalue weighted by Gasteiger charge is 2.13. The number of aromatic nitrogens is 2. The van der Waals surface area contributed by atoms with Crippen LogP contribution in [0, 0.1) is 20.8 Å². The SMILES string of the molecule is Cc1ccc(Cc2sc3ncc(C=O)n3c2C)c(C)c1. The number of aldehydes is 1. The summed E-state index contributed by atoms with van der Waals surface area (Å²) in [5, 5.41) is 0. The molecule has 0 bridgehead atoms. The van der Waals surface area contributed by atoms with Crippen molar-refractivity contribution in [1.29, 1.82) is 0 Å². The quantitative estimate of drug-likeness (QED) is 0.687. The van der Waals surface area contributed by atoms with Crippen LogP contribution in [0.1, 0.15) is 37.7 Å². The molecule has 0 saturated heterocycles. The fourth-order valence-corrected chi connectivity index (χ4v) is 3.66. The number of fused-ring (bicyclic) bond motifs is 1. The van der Waals surface area contributed by atoms with Crippen molar-refractivity contribution in [1.82, 2.24) is 9.38 Å². The molecule has 0 fully saturated rings. The van der Waals surface area contributed by atoms with E-state index in [2.05, 4.69) is 44.0 Å². The van der Waals surface area contributed by atoms with E-state index in [1.54, 1.807) is 17.5 Å². The molecule has 20 heavy (non-hydrogen) atoms. The molecule has 0 aliphatic carbocycles. The lowest BCUT2D eigenvalue weighted by molar-refractivity contribution is 0.111. The van der Waals surface area contributed by atoms with Gasteiger partial charge in [-0.1, -0.05) is 23.8 Å². The van der Waals surface area contributed by atoms with Crippen molar-refractivity contribution < 1.29 is 4.79 Å². The van der Waals surface area contributed by atoms with Crippen molar-refractivity contribution in [2.24, 2.45) is 0 Å². The maximum absolute atomic E-state index is 11.0. The molecule has 4 heteroatoms. The summed E-state index contributed by atoms with van der Waals surface area (Å²) in [7, 11) is 0. The molecule has 2 heterocycles. The molecule has 1 aromatic carbocycles. The molecule has 0 aliphatic heterocycles. The number of hydrogen-bond acceptors (Lipinski definition) is 3. The van der Waals surface area contributed by atoms with Gasteiger partial charge in [-0.3, -0.25) is 9.20 Å². The number of carbonyl (C=O) groups is 1. The van der Waals surface area contributed by atoms with Crippen LogP contribution in [0.2, 0.25) is 0 Å². The minimum atomic E-state index is 0.626. The van der Waals surface area contributed by atoms with Crippen molar-refractivity contribution in [3.63, 3.8) is 0 Å². The largest absolute Gasteiger partial charge is 0.296 e. The Kier molecular flexibility index (Phi) is 3.18. The summed E-state index contributed by atoms with van der Waals surface area (Å²) >= 11 is 1.66. The van der Waals surface area contributed by atoms with Crippen LogP contribution in [0.15, 0.2) is 24.4 Å². The van der Waals surface area contributed by atoms with Crippen LogP contribution in [0.5, 0.6) is 0 Å². The summed E-state index contributed by atoms with van der Waals surface area (Å²) < 4.78 is 1.94. The lowest BCUT2D eigenvalue weighted by Gasteiger charge is -2.06. The molecule has 0 spiro atoms. The fourth-order valence-electron chi connectivity index (χ4n) is 2.53. The van der Waals surface area contributed by atoms with Gasteiger partial charge in [0.2, 0.25) is 0 Å². The summed E-state index contributed by atoms with van der Waals surface area (Å²) in [5.41, 5.74) is 5.67. The normalized spacial score (nSPS) is 11.2. The second-order valence-electron chi connectivity index (χ2n) is 5.14. The standard InChI is InChI=1S/C16H16N2OS/c1-10-4-5-13(11(2)6-10)7-15-12(3)18-14(9-19)8-17-16(18)20-15/h4-6,8-9H,7H2,1-3H3. The van der Waals surface area contributed by atoms with E-state index in [1.165, 1.54) is 21.6 Å². The molecule has 3 nitrogen and oxygen atoms in total. The molecular formula is C16H16N2OS. The number of nitrogens with zero attached hydrogens (tertiary/aromatic N) is 2. The summed E-state index contributed by atoms with van der Waals surface area (Å²) in [5.74, 6) is 0. The van der Waals surface area contributed by atoms with Gasteiger partial charge >= 0.3 is 0 Å². The number of benzene rings is 1. The smallest absolute Gasteiger partial charge is 0.194 e. The van der Waals surface area contributed by atoms with Crippen LogP contribution in [0.25, 0.3) is 4.96 Å². The molecule has 0 unspecified atom stereocenters. The molecule has 0 N–H and O–H groups in total. The third kappa shape index (κ3) is 2.06. The van der Waals surface area contributed by atoms with Crippen LogP contribution in [-0.2, 0) is 6.42 Å². The molecule has 0 amide bonds. The summed E-state index contributed by atoms with van der Waals surface area (Å²) in [6, 6.07) is 6.54. The lowest BCUT2D eigenvalue weighted by Crippen LogP contribution is -1.96. The third-order valence-electron chi connectivity index (χ3n) is 3.68. The van der Waals surface area contributed by atoms with E-state index < -0.39 is 0 Å². The van der Waals surface area contributed by atoms with E-state index in [0.717, 1.165) is 23.4 Å². The van der Waals surface area contributed by atoms with Gasteiger partial charge in [0, 0.05) is 17.0 Å². The highest BCUT2D eigenvalue weighted by molar-refractivity contribution is 7.17. The predicted molar refractivity (Wildman–Crippen MR) is 81.9 cm³/mol. The van der Waals surface area contributed by atoms with Crippen LogP contribution in [0.3, 0.4) is 0 Å². The molecule has 0 saturated carbocycles. The van der Waals surface area contributed by atoms with Crippen LogP contribution >= 0.6 is 11.3 Å². The molecule has 0 radical (unpaired) electrons. The molecule has 0 atom stereocenters. The number of thiazole rings is 1. The molecule has 2 aromatic heterocycles. The average molecular weight is 284 g/mol. The van der Waals surface area contributed by atoms with Crippen molar-refractivity contribution in [2.75, 3.05) is 0 Å². The van der Waals surface area contributed by atoms with E-state index in [-0.39, 0.29) is 0 Å². The van der Waals surface area contributed by atoms with E-state index in [4.69, 9.17) is 0 Å². The zero-order valence-corrected chi connectivity index (χ0v) is 12.6. The molecule has 0 aliphatic rings. The van der Waals surface area contributed by atoms with Crippen molar-refractivity contribution in [3.8, 4) is 0 Å². The number of imidazole rings is 1. The van der Waals surface area contributed by atoms with Crippen LogP contribution < -0.4 is 0 Å². The average Bonchev–Trinajstić information content (AvgIpc) is 2.94. The van der Waals surface area contributed by atoms with Crippen LogP contribution in [-0.4, -0.2) is 15.7 Å². The Bertz CT molecular complexity index is 798. The zero-order valence-electron chi connectivity index (χ0n) is 11.8. The van der Waals surface area contributed by atoms with Gasteiger partial charge in [-0.15, -0.1) is 11.3 Å². The second kappa shape index (κ2) is 4.87. The highest BCUT2D eigenvalue weighted by atomic mass is 32.1. The van der Waals surface area contributed by atoms with Gasteiger partial charge < -0.3 is 0 Å². The van der Waals surface area contributed by atoms with Crippen molar-refractivity contribution in [2.45, 2.75) is 27.2 Å². The highest BCUT2D eigenvalue weighted by Crippen LogP contribution is 2.27. The Labute approximate surface area is 121 Å². The van der Waals surface area contributed by atoms with Crippen molar-refractivity contribution >= 4 is 22.6 Å². The fraction of sp³-hybridized carbons (Fsp3) is 0.250. The third-order valence-corrected chi connectivity index (χ3v) is 4.84. The van der Waals surface area contributed by atoms with Gasteiger partial charge in [0.15, 0.2) is 11.2 Å². The van der Waals surface area contributed by atoms with Crippen molar-refractivity contribution in [3.05, 3.63) is 57.4 Å². The summed E-state index contributed by atoms with van der Waals surface area (Å²) in [6.45, 7) is 6.31. The molecule has 102 valence electrons. The Morgan fingerprint density at radius 2 is 2.10 bits per heavy atom. The molecular weight excluding hydrogens is 268 g/mol. The van der Waals surface area contributed by atoms with Gasteiger partial charge in [0.25, 0.3) is 0 Å². The minimum Gasteiger partial charge on any atom is -0.296 e. The summed E-state index contributed by atoms with van der Waals surface area (Å²) in [6.07, 6.45) is 3.39. The van der Waals surface area contributed by atoms with Gasteiger partial charge in [-0.25, -0.2) is 4.98 Å². The zero-order chi connectivity index (χ0) is 14.3. The Hall–Kier alpha value is -1.94. The Balaban J connectivity index is 2.04. The topological polar surface area (TPSA) is 34.4 Å². The first-order valence-corrected chi connectivity index (χ1v) is 7.39. The second-order valence-corrected chi connectivity index (χ2v) is 6.20. The number of carbonyl (C=O) groups excluding carboxylic acids is 1. The van der Waals surface area contributed by atoms with E-state index in [1.807, 2.05) is 4.40 Å². The van der Waals surface area contributed by atoms with Gasteiger partial charge in [-0.05, 0) is 31.9 Å². The van der Waals surface area contributed by atoms with E-state index in [9.17, 15) is 4.79 Å². The van der Waals surface area contributed by atoms with E-state index in [0.29, 0.717) is 5.69 Å². The van der Waals surface area contributed by atoms with Gasteiger partial charge in [-0.2, -0.15) is 0 Å². The maximum atomic E-state index is 11.0. The van der Waals surface area contributed by atoms with Crippen LogP contribution in [0.4, 0.5) is 0 Å². The molecule has 3 aromatic rings. The maximum Gasteiger partial charge on any atom is 0.194 e.